The van der Waals surface area contributed by atoms with Gasteiger partial charge in [0.1, 0.15) is 18.4 Å². The normalized spacial score (nSPS) is 13.7. The van der Waals surface area contributed by atoms with Crippen LogP contribution in [0.5, 0.6) is 0 Å². The summed E-state index contributed by atoms with van der Waals surface area (Å²) in [5, 5.41) is 11.8. The summed E-state index contributed by atoms with van der Waals surface area (Å²) in [6, 6.07) is 16.7. The molecule has 4 N–H and O–H groups in total. The maximum atomic E-state index is 12.4. The van der Waals surface area contributed by atoms with E-state index in [1.165, 1.54) is 0 Å². The highest BCUT2D eigenvalue weighted by atomic mass is 16.5. The van der Waals surface area contributed by atoms with Crippen LogP contribution in [0.2, 0.25) is 0 Å². The second-order valence-electron chi connectivity index (χ2n) is 7.40. The van der Waals surface area contributed by atoms with Crippen LogP contribution in [-0.4, -0.2) is 35.0 Å². The highest BCUT2D eigenvalue weighted by Crippen LogP contribution is 2.14. The van der Waals surface area contributed by atoms with Crippen molar-refractivity contribution in [2.24, 2.45) is 11.7 Å². The monoisotopic (exact) mass is 412 g/mol. The van der Waals surface area contributed by atoms with Gasteiger partial charge >= 0.3 is 12.1 Å². The Balaban J connectivity index is 1.80. The van der Waals surface area contributed by atoms with Gasteiger partial charge in [0.15, 0.2) is 0 Å². The lowest BCUT2D eigenvalue weighted by Gasteiger charge is -2.20. The first kappa shape index (κ1) is 23.1. The Hall–Kier alpha value is -3.19. The molecule has 1 amide bonds. The van der Waals surface area contributed by atoms with E-state index in [1.54, 1.807) is 19.1 Å². The second-order valence-corrected chi connectivity index (χ2v) is 7.40. The molecule has 3 atom stereocenters. The number of carboxylic acids is 1. The zero-order valence-electron chi connectivity index (χ0n) is 17.0. The van der Waals surface area contributed by atoms with Gasteiger partial charge in [0, 0.05) is 6.42 Å². The van der Waals surface area contributed by atoms with Crippen molar-refractivity contribution in [2.45, 2.75) is 44.9 Å². The quantitative estimate of drug-likeness (QED) is 0.522. The van der Waals surface area contributed by atoms with E-state index in [0.29, 0.717) is 6.42 Å². The standard InChI is InChI=1S/C23H28N2O5/c1-16(13-21(26)19(24)14-17-8-4-2-5-9-17)12-20(22(27)28)25-23(29)30-15-18-10-6-3-7-11-18/h2-11,16,19-20H,12-15,24H2,1H3,(H,25,29)(H,27,28)/t16?,19-,20-/m0/s1. The third kappa shape index (κ3) is 8.05. The zero-order chi connectivity index (χ0) is 21.9. The van der Waals surface area contributed by atoms with Gasteiger partial charge in [-0.2, -0.15) is 0 Å². The third-order valence-electron chi connectivity index (χ3n) is 4.70. The maximum Gasteiger partial charge on any atom is 0.408 e. The Kier molecular flexibility index (Phi) is 9.03. The number of alkyl carbamates (subject to hydrolysis) is 1. The van der Waals surface area contributed by atoms with E-state index in [0.717, 1.165) is 11.1 Å². The molecule has 1 unspecified atom stereocenters. The third-order valence-corrected chi connectivity index (χ3v) is 4.70. The molecule has 0 aliphatic rings. The summed E-state index contributed by atoms with van der Waals surface area (Å²) in [5.41, 5.74) is 7.77. The van der Waals surface area contributed by atoms with Crippen LogP contribution >= 0.6 is 0 Å². The first-order chi connectivity index (χ1) is 14.3. The highest BCUT2D eigenvalue weighted by Gasteiger charge is 2.25. The molecular weight excluding hydrogens is 384 g/mol. The SMILES string of the molecule is CC(CC(=O)[C@@H](N)Cc1ccccc1)C[C@H](NC(=O)OCc1ccccc1)C(=O)O. The number of aliphatic carboxylic acids is 1. The van der Waals surface area contributed by atoms with Gasteiger partial charge in [0.25, 0.3) is 0 Å². The summed E-state index contributed by atoms with van der Waals surface area (Å²) >= 11 is 0. The molecule has 0 saturated heterocycles. The average molecular weight is 412 g/mol. The lowest BCUT2D eigenvalue weighted by Crippen LogP contribution is -2.42. The largest absolute Gasteiger partial charge is 0.480 e. The Morgan fingerprint density at radius 1 is 1.00 bits per heavy atom. The van der Waals surface area contributed by atoms with Crippen molar-refractivity contribution in [3.63, 3.8) is 0 Å². The van der Waals surface area contributed by atoms with Crippen molar-refractivity contribution >= 4 is 17.8 Å². The number of carbonyl (C=O) groups is 3. The summed E-state index contributed by atoms with van der Waals surface area (Å²) < 4.78 is 5.08. The van der Waals surface area contributed by atoms with Gasteiger partial charge < -0.3 is 20.9 Å². The van der Waals surface area contributed by atoms with Gasteiger partial charge in [-0.1, -0.05) is 67.6 Å². The molecule has 2 aromatic carbocycles. The Labute approximate surface area is 176 Å². The van der Waals surface area contributed by atoms with Gasteiger partial charge in [0.05, 0.1) is 6.04 Å². The van der Waals surface area contributed by atoms with Crippen molar-refractivity contribution in [3.05, 3.63) is 71.8 Å². The summed E-state index contributed by atoms with van der Waals surface area (Å²) in [4.78, 5) is 35.9. The number of nitrogens with one attached hydrogen (secondary N) is 1. The molecule has 30 heavy (non-hydrogen) atoms. The molecule has 0 saturated carbocycles. The van der Waals surface area contributed by atoms with E-state index in [-0.39, 0.29) is 31.1 Å². The smallest absolute Gasteiger partial charge is 0.408 e. The van der Waals surface area contributed by atoms with Crippen LogP contribution in [0.1, 0.15) is 30.9 Å². The fraction of sp³-hybridized carbons (Fsp3) is 0.348. The number of rotatable bonds is 11. The molecule has 0 fully saturated rings. The number of nitrogens with two attached hydrogens (primary N) is 1. The van der Waals surface area contributed by atoms with Crippen molar-refractivity contribution in [1.82, 2.24) is 5.32 Å². The minimum absolute atomic E-state index is 0.0430. The minimum atomic E-state index is -1.18. The fourth-order valence-corrected chi connectivity index (χ4v) is 3.09. The molecule has 0 heterocycles. The molecule has 0 aliphatic heterocycles. The van der Waals surface area contributed by atoms with Crippen LogP contribution in [-0.2, 0) is 27.4 Å². The maximum absolute atomic E-state index is 12.4. The van der Waals surface area contributed by atoms with Gasteiger partial charge in [-0.25, -0.2) is 9.59 Å². The summed E-state index contributed by atoms with van der Waals surface area (Å²) in [7, 11) is 0. The lowest BCUT2D eigenvalue weighted by atomic mass is 9.92. The van der Waals surface area contributed by atoms with Crippen LogP contribution in [0.3, 0.4) is 0 Å². The Morgan fingerprint density at radius 3 is 2.13 bits per heavy atom. The summed E-state index contributed by atoms with van der Waals surface area (Å²) in [5.74, 6) is -1.59. The molecule has 0 bridgehead atoms. The van der Waals surface area contributed by atoms with E-state index < -0.39 is 24.1 Å². The second kappa shape index (κ2) is 11.7. The Bertz CT molecular complexity index is 826. The van der Waals surface area contributed by atoms with Crippen LogP contribution < -0.4 is 11.1 Å². The van der Waals surface area contributed by atoms with Crippen LogP contribution in [0.4, 0.5) is 4.79 Å². The van der Waals surface area contributed by atoms with E-state index in [4.69, 9.17) is 10.5 Å². The van der Waals surface area contributed by atoms with Gasteiger partial charge in [-0.3, -0.25) is 4.79 Å². The summed E-state index contributed by atoms with van der Waals surface area (Å²) in [6.45, 7) is 1.81. The van der Waals surface area contributed by atoms with Crippen molar-refractivity contribution in [3.8, 4) is 0 Å². The topological polar surface area (TPSA) is 119 Å². The van der Waals surface area contributed by atoms with E-state index in [9.17, 15) is 19.5 Å². The molecule has 0 aliphatic carbocycles. The van der Waals surface area contributed by atoms with Crippen molar-refractivity contribution in [2.75, 3.05) is 0 Å². The number of carboxylic acid groups (broad SMARTS) is 1. The summed E-state index contributed by atoms with van der Waals surface area (Å²) in [6.07, 6.45) is -0.151. The molecular formula is C23H28N2O5. The van der Waals surface area contributed by atoms with E-state index in [1.807, 2.05) is 48.5 Å². The molecule has 7 nitrogen and oxygen atoms in total. The average Bonchev–Trinajstić information content (AvgIpc) is 2.73. The molecule has 2 rings (SSSR count). The molecule has 7 heteroatoms. The number of ether oxygens (including phenoxy) is 1. The lowest BCUT2D eigenvalue weighted by molar-refractivity contribution is -0.140. The van der Waals surface area contributed by atoms with Crippen LogP contribution in [0.15, 0.2) is 60.7 Å². The Morgan fingerprint density at radius 2 is 1.57 bits per heavy atom. The zero-order valence-corrected chi connectivity index (χ0v) is 17.0. The highest BCUT2D eigenvalue weighted by molar-refractivity contribution is 5.84. The van der Waals surface area contributed by atoms with Gasteiger partial charge in [0.2, 0.25) is 0 Å². The first-order valence-electron chi connectivity index (χ1n) is 9.87. The van der Waals surface area contributed by atoms with Crippen LogP contribution in [0, 0.1) is 5.92 Å². The van der Waals surface area contributed by atoms with E-state index >= 15 is 0 Å². The van der Waals surface area contributed by atoms with Crippen molar-refractivity contribution in [1.29, 1.82) is 0 Å². The van der Waals surface area contributed by atoms with E-state index in [2.05, 4.69) is 5.32 Å². The number of ketones is 1. The van der Waals surface area contributed by atoms with Crippen molar-refractivity contribution < 1.29 is 24.2 Å². The van der Waals surface area contributed by atoms with Gasteiger partial charge in [-0.05, 0) is 29.9 Å². The number of amides is 1. The molecule has 2 aromatic rings. The molecule has 0 radical (unpaired) electrons. The van der Waals surface area contributed by atoms with Gasteiger partial charge in [-0.15, -0.1) is 0 Å². The predicted molar refractivity (Wildman–Crippen MR) is 113 cm³/mol. The predicted octanol–water partition coefficient (Wildman–Crippen LogP) is 2.92. The number of Topliss-reactive ketones (excluding diaryl/α,β-unsaturated/α-hetero) is 1. The number of benzene rings is 2. The molecule has 0 spiro atoms. The minimum Gasteiger partial charge on any atom is -0.480 e. The molecule has 160 valence electrons. The fourth-order valence-electron chi connectivity index (χ4n) is 3.09. The number of carbonyl (C=O) groups excluding carboxylic acids is 2. The number of hydrogen-bond donors (Lipinski definition) is 3. The molecule has 0 aromatic heterocycles. The van der Waals surface area contributed by atoms with Crippen LogP contribution in [0.25, 0.3) is 0 Å². The number of hydrogen-bond acceptors (Lipinski definition) is 5. The first-order valence-corrected chi connectivity index (χ1v) is 9.87.